The Morgan fingerprint density at radius 1 is 0.848 bits per heavy atom. The maximum Gasteiger partial charge on any atom is -0.147 e. The molecule has 4 rings (SSSR count). The molecule has 0 atom stereocenters. The summed E-state index contributed by atoms with van der Waals surface area (Å²) in [4.78, 5) is 0. The smallest absolute Gasteiger partial charge is 0.147 e. The molecule has 0 saturated heterocycles. The largest absolute Gasteiger partial charge is 0.147 e. The summed E-state index contributed by atoms with van der Waals surface area (Å²) in [7, 11) is 0. The maximum atomic E-state index is 6.92. The molecule has 172 valence electrons. The fourth-order valence-electron chi connectivity index (χ4n) is 3.70. The molecule has 0 spiro atoms. The van der Waals surface area contributed by atoms with Crippen LogP contribution in [0.5, 0.6) is 5.75 Å². The van der Waals surface area contributed by atoms with E-state index in [1.54, 1.807) is 0 Å². The van der Waals surface area contributed by atoms with Crippen LogP contribution < -0.4 is 3.32 Å². The van der Waals surface area contributed by atoms with Gasteiger partial charge in [0.1, 0.15) is 0 Å². The first-order valence-electron chi connectivity index (χ1n) is 10.6. The van der Waals surface area contributed by atoms with E-state index in [0.29, 0.717) is 0 Å². The first kappa shape index (κ1) is 27.6. The molecule has 0 bridgehead atoms. The van der Waals surface area contributed by atoms with E-state index in [0.717, 1.165) is 17.2 Å². The summed E-state index contributed by atoms with van der Waals surface area (Å²) >= 11 is 4.14. The van der Waals surface area contributed by atoms with Crippen molar-refractivity contribution in [2.75, 3.05) is 0 Å². The Balaban J connectivity index is 0.00000193. The van der Waals surface area contributed by atoms with Crippen LogP contribution in [-0.4, -0.2) is 3.81 Å². The van der Waals surface area contributed by atoms with Crippen LogP contribution in [0, 0.1) is 0 Å². The average molecular weight is 536 g/mol. The van der Waals surface area contributed by atoms with E-state index in [1.807, 2.05) is 12.1 Å². The molecule has 1 aliphatic carbocycles. The average Bonchev–Trinajstić information content (AvgIpc) is 3.29. The molecule has 3 aromatic rings. The first-order valence-corrected chi connectivity index (χ1v) is 13.2. The van der Waals surface area contributed by atoms with Crippen LogP contribution in [-0.2, 0) is 23.2 Å². The van der Waals surface area contributed by atoms with Crippen LogP contribution in [0.25, 0.3) is 0 Å². The van der Waals surface area contributed by atoms with E-state index in [4.69, 9.17) is 14.9 Å². The number of hydrogen-bond acceptors (Lipinski definition) is 1. The Labute approximate surface area is 221 Å². The molecule has 0 aromatic heterocycles. The van der Waals surface area contributed by atoms with Gasteiger partial charge in [-0.2, -0.15) is 0 Å². The van der Waals surface area contributed by atoms with Gasteiger partial charge in [-0.05, 0) is 0 Å². The zero-order valence-electron chi connectivity index (χ0n) is 19.0. The molecule has 0 N–H and O–H groups in total. The Morgan fingerprint density at radius 2 is 1.42 bits per heavy atom. The Bertz CT molecular complexity index is 1120. The SMILES string of the molecule is CC(C)(C)c1cc(Cl)cc([O][Ti]([C]2=CC=CC2)=[C](c2ccccc2)c2ccccc2)c1.Cl.Cl. The summed E-state index contributed by atoms with van der Waals surface area (Å²) in [6.45, 7) is 6.61. The van der Waals surface area contributed by atoms with Crippen molar-refractivity contribution in [3.05, 3.63) is 123 Å². The Kier molecular flexibility index (Phi) is 10.2. The number of allylic oxidation sites excluding steroid dienone is 4. The van der Waals surface area contributed by atoms with Gasteiger partial charge in [0.05, 0.1) is 0 Å². The molecule has 1 nitrogen and oxygen atoms in total. The summed E-state index contributed by atoms with van der Waals surface area (Å²) in [6.07, 6.45) is 7.57. The van der Waals surface area contributed by atoms with Gasteiger partial charge in [0.25, 0.3) is 0 Å². The molecule has 1 aliphatic rings. The molecule has 0 fully saturated rings. The second-order valence-corrected chi connectivity index (χ2v) is 12.4. The molecule has 0 radical (unpaired) electrons. The summed E-state index contributed by atoms with van der Waals surface area (Å²) in [6, 6.07) is 27.5. The monoisotopic (exact) mass is 534 g/mol. The number of rotatable bonds is 5. The summed E-state index contributed by atoms with van der Waals surface area (Å²) in [5.41, 5.74) is 3.65. The fraction of sp³-hybridized carbons (Fsp3) is 0.179. The van der Waals surface area contributed by atoms with E-state index in [1.165, 1.54) is 24.4 Å². The van der Waals surface area contributed by atoms with Crippen molar-refractivity contribution < 1.29 is 21.1 Å². The summed E-state index contributed by atoms with van der Waals surface area (Å²) < 4.78 is 9.65. The predicted octanol–water partition coefficient (Wildman–Crippen LogP) is 8.51. The number of hydrogen-bond donors (Lipinski definition) is 0. The predicted molar refractivity (Wildman–Crippen MR) is 143 cm³/mol. The molecule has 33 heavy (non-hydrogen) atoms. The minimum Gasteiger partial charge on any atom is -0.147 e. The van der Waals surface area contributed by atoms with Crippen molar-refractivity contribution in [1.29, 1.82) is 0 Å². The van der Waals surface area contributed by atoms with E-state index in [9.17, 15) is 0 Å². The van der Waals surface area contributed by atoms with E-state index < -0.39 is 17.8 Å². The van der Waals surface area contributed by atoms with Crippen molar-refractivity contribution in [2.24, 2.45) is 0 Å². The quantitative estimate of drug-likeness (QED) is 0.298. The standard InChI is InChI=1S/C13H10.C10H13ClO.C5H5.2ClH.Ti/c1-3-7-12(8-4-1)11-13-9-5-2-6-10-13;1-10(2,3)7-4-8(11)6-9(12)5-7;1-2-4-5-3-1;;;/h1-10H;4-6,12H,1-3H3;1-3H,4H2;2*1H;/q;;;;;+1/p-1. The fourth-order valence-corrected chi connectivity index (χ4v) is 7.55. The first-order chi connectivity index (χ1) is 14.9. The topological polar surface area (TPSA) is 9.23 Å². The van der Waals surface area contributed by atoms with Crippen LogP contribution in [0.1, 0.15) is 43.9 Å². The van der Waals surface area contributed by atoms with Crippen molar-refractivity contribution >= 4 is 40.2 Å². The van der Waals surface area contributed by atoms with Gasteiger partial charge in [-0.15, -0.1) is 24.8 Å². The third-order valence-corrected chi connectivity index (χ3v) is 9.38. The molecular formula is C28H29Cl3OTi. The van der Waals surface area contributed by atoms with Crippen LogP contribution in [0.15, 0.2) is 101 Å². The molecule has 0 aliphatic heterocycles. The molecule has 0 saturated carbocycles. The number of halogens is 3. The van der Waals surface area contributed by atoms with Gasteiger partial charge in [0.15, 0.2) is 0 Å². The summed E-state index contributed by atoms with van der Waals surface area (Å²) in [5, 5.41) is 0.722. The molecule has 5 heteroatoms. The summed E-state index contributed by atoms with van der Waals surface area (Å²) in [5.74, 6) is 0.865. The maximum absolute atomic E-state index is 6.92. The van der Waals surface area contributed by atoms with E-state index in [2.05, 4.69) is 106 Å². The van der Waals surface area contributed by atoms with Gasteiger partial charge >= 0.3 is 198 Å². The normalized spacial score (nSPS) is 12.3. The van der Waals surface area contributed by atoms with Gasteiger partial charge < -0.3 is 0 Å². The van der Waals surface area contributed by atoms with E-state index >= 15 is 0 Å². The van der Waals surface area contributed by atoms with Crippen LogP contribution in [0.3, 0.4) is 0 Å². The third-order valence-electron chi connectivity index (χ3n) is 5.37. The molecular weight excluding hydrogens is 507 g/mol. The Morgan fingerprint density at radius 3 is 1.91 bits per heavy atom. The van der Waals surface area contributed by atoms with Crippen molar-refractivity contribution in [1.82, 2.24) is 0 Å². The molecule has 0 heterocycles. The van der Waals surface area contributed by atoms with Crippen molar-refractivity contribution in [3.63, 3.8) is 0 Å². The van der Waals surface area contributed by atoms with Gasteiger partial charge in [-0.3, -0.25) is 0 Å². The molecule has 3 aromatic carbocycles. The zero-order chi connectivity index (χ0) is 21.8. The van der Waals surface area contributed by atoms with E-state index in [-0.39, 0.29) is 30.2 Å². The second-order valence-electron chi connectivity index (χ2n) is 8.79. The van der Waals surface area contributed by atoms with Gasteiger partial charge in [0, 0.05) is 0 Å². The number of benzene rings is 3. The Hall–Kier alpha value is -1.61. The third kappa shape index (κ3) is 6.95. The zero-order valence-corrected chi connectivity index (χ0v) is 23.0. The van der Waals surface area contributed by atoms with Crippen molar-refractivity contribution in [2.45, 2.75) is 32.6 Å². The minimum atomic E-state index is -2.38. The minimum absolute atomic E-state index is 0. The van der Waals surface area contributed by atoms with Gasteiger partial charge in [-0.25, -0.2) is 0 Å². The molecule has 0 unspecified atom stereocenters. The van der Waals surface area contributed by atoms with Crippen LogP contribution in [0.4, 0.5) is 0 Å². The second kappa shape index (κ2) is 12.2. The van der Waals surface area contributed by atoms with Crippen LogP contribution in [0.2, 0.25) is 5.02 Å². The van der Waals surface area contributed by atoms with Crippen LogP contribution >= 0.6 is 36.4 Å². The van der Waals surface area contributed by atoms with Crippen molar-refractivity contribution in [3.8, 4) is 5.75 Å². The van der Waals surface area contributed by atoms with Gasteiger partial charge in [0.2, 0.25) is 0 Å². The van der Waals surface area contributed by atoms with Gasteiger partial charge in [-0.1, -0.05) is 0 Å². The molecule has 0 amide bonds.